The van der Waals surface area contributed by atoms with Crippen LogP contribution in [0.25, 0.3) is 0 Å². The van der Waals surface area contributed by atoms with Gasteiger partial charge in [-0.05, 0) is 25.3 Å². The molecule has 1 unspecified atom stereocenters. The molecule has 2 nitrogen and oxygen atoms in total. The highest BCUT2D eigenvalue weighted by Crippen LogP contribution is 2.40. The second-order valence-electron chi connectivity index (χ2n) is 5.12. The fourth-order valence-electron chi connectivity index (χ4n) is 3.02. The lowest BCUT2D eigenvalue weighted by Crippen LogP contribution is -2.41. The Labute approximate surface area is 103 Å². The van der Waals surface area contributed by atoms with Crippen molar-refractivity contribution < 1.29 is 9.90 Å². The molecule has 0 aromatic heterocycles. The van der Waals surface area contributed by atoms with Crippen LogP contribution >= 0.6 is 0 Å². The van der Waals surface area contributed by atoms with Gasteiger partial charge in [-0.3, -0.25) is 4.79 Å². The molecule has 1 aromatic rings. The van der Waals surface area contributed by atoms with Crippen LogP contribution in [0.4, 0.5) is 0 Å². The number of aliphatic hydroxyl groups is 1. The second-order valence-corrected chi connectivity index (χ2v) is 5.12. The van der Waals surface area contributed by atoms with Crippen LogP contribution in [0.15, 0.2) is 30.3 Å². The number of hydrogen-bond donors (Lipinski definition) is 1. The van der Waals surface area contributed by atoms with E-state index in [2.05, 4.69) is 0 Å². The monoisotopic (exact) mass is 232 g/mol. The summed E-state index contributed by atoms with van der Waals surface area (Å²) in [7, 11) is 0. The molecule has 2 rings (SSSR count). The molecule has 1 N–H and O–H groups in total. The Kier molecular flexibility index (Phi) is 3.63. The Morgan fingerprint density at radius 1 is 1.18 bits per heavy atom. The highest BCUT2D eigenvalue weighted by molar-refractivity contribution is 5.84. The third kappa shape index (κ3) is 2.58. The van der Waals surface area contributed by atoms with Gasteiger partial charge in [0.25, 0.3) is 0 Å². The Hall–Kier alpha value is -1.15. The van der Waals surface area contributed by atoms with Crippen molar-refractivity contribution in [3.63, 3.8) is 0 Å². The van der Waals surface area contributed by atoms with Gasteiger partial charge < -0.3 is 5.11 Å². The van der Waals surface area contributed by atoms with E-state index in [1.165, 1.54) is 6.42 Å². The van der Waals surface area contributed by atoms with Crippen LogP contribution in [-0.4, -0.2) is 16.5 Å². The molecule has 92 valence electrons. The Bertz CT molecular complexity index is 377. The molecule has 1 atom stereocenters. The zero-order valence-electron chi connectivity index (χ0n) is 10.4. The number of hydrogen-bond acceptors (Lipinski definition) is 2. The zero-order chi connectivity index (χ0) is 12.3. The maximum atomic E-state index is 11.9. The molecule has 1 aliphatic rings. The number of benzene rings is 1. The molecule has 0 heterocycles. The maximum Gasteiger partial charge on any atom is 0.140 e. The lowest BCUT2D eigenvalue weighted by atomic mass is 9.71. The van der Waals surface area contributed by atoms with Crippen LogP contribution in [0, 0.1) is 0 Å². The molecule has 0 saturated heterocycles. The van der Waals surface area contributed by atoms with Crippen molar-refractivity contribution in [3.8, 4) is 0 Å². The van der Waals surface area contributed by atoms with E-state index in [1.54, 1.807) is 6.92 Å². The summed E-state index contributed by atoms with van der Waals surface area (Å²) in [5, 5.41) is 10.7. The van der Waals surface area contributed by atoms with Crippen LogP contribution in [0.2, 0.25) is 0 Å². The number of carbonyl (C=O) groups is 1. The van der Waals surface area contributed by atoms with Crippen molar-refractivity contribution in [2.45, 2.75) is 50.5 Å². The summed E-state index contributed by atoms with van der Waals surface area (Å²) in [5.74, 6) is -0.287. The summed E-state index contributed by atoms with van der Waals surface area (Å²) in [6.07, 6.45) is 4.69. The molecule has 17 heavy (non-hydrogen) atoms. The van der Waals surface area contributed by atoms with Crippen molar-refractivity contribution in [1.29, 1.82) is 0 Å². The zero-order valence-corrected chi connectivity index (χ0v) is 10.4. The van der Waals surface area contributed by atoms with E-state index in [-0.39, 0.29) is 11.7 Å². The molecule has 1 aromatic carbocycles. The first-order chi connectivity index (χ1) is 8.13. The van der Waals surface area contributed by atoms with E-state index in [1.807, 2.05) is 30.3 Å². The van der Waals surface area contributed by atoms with Crippen LogP contribution in [0.3, 0.4) is 0 Å². The highest BCUT2D eigenvalue weighted by Gasteiger charge is 2.41. The number of ketones is 1. The minimum absolute atomic E-state index is 0.0700. The average Bonchev–Trinajstić information content (AvgIpc) is 2.30. The summed E-state index contributed by atoms with van der Waals surface area (Å²) in [6, 6.07) is 9.68. The smallest absolute Gasteiger partial charge is 0.140 e. The molecule has 2 heteroatoms. The van der Waals surface area contributed by atoms with Gasteiger partial charge in [0.1, 0.15) is 5.78 Å². The largest absolute Gasteiger partial charge is 0.389 e. The van der Waals surface area contributed by atoms with Gasteiger partial charge in [-0.25, -0.2) is 0 Å². The van der Waals surface area contributed by atoms with Gasteiger partial charge >= 0.3 is 0 Å². The predicted molar refractivity (Wildman–Crippen MR) is 67.9 cm³/mol. The van der Waals surface area contributed by atoms with Gasteiger partial charge in [0.2, 0.25) is 0 Å². The summed E-state index contributed by atoms with van der Waals surface area (Å²) >= 11 is 0. The minimum atomic E-state index is -0.828. The molecular weight excluding hydrogens is 212 g/mol. The van der Waals surface area contributed by atoms with Gasteiger partial charge in [0.05, 0.1) is 11.5 Å². The van der Waals surface area contributed by atoms with Gasteiger partial charge in [-0.2, -0.15) is 0 Å². The first kappa shape index (κ1) is 12.3. The van der Waals surface area contributed by atoms with E-state index in [9.17, 15) is 9.90 Å². The van der Waals surface area contributed by atoms with Crippen LogP contribution in [0.1, 0.15) is 50.5 Å². The lowest BCUT2D eigenvalue weighted by Gasteiger charge is -2.38. The first-order valence-corrected chi connectivity index (χ1v) is 6.41. The fourth-order valence-corrected chi connectivity index (χ4v) is 3.02. The standard InChI is InChI=1S/C15H20O2/c1-12(16)14(13-8-4-2-5-9-13)15(17)10-6-3-7-11-15/h2,4-5,8-9,14,17H,3,6-7,10-11H2,1H3. The summed E-state index contributed by atoms with van der Waals surface area (Å²) < 4.78 is 0. The lowest BCUT2D eigenvalue weighted by molar-refractivity contribution is -0.126. The molecule has 0 bridgehead atoms. The summed E-state index contributed by atoms with van der Waals surface area (Å²) in [6.45, 7) is 1.59. The first-order valence-electron chi connectivity index (χ1n) is 6.41. The van der Waals surface area contributed by atoms with E-state index in [4.69, 9.17) is 0 Å². The maximum absolute atomic E-state index is 11.9. The van der Waals surface area contributed by atoms with E-state index in [0.29, 0.717) is 0 Å². The summed E-state index contributed by atoms with van der Waals surface area (Å²) in [5.41, 5.74) is 0.121. The van der Waals surface area contributed by atoms with Crippen molar-refractivity contribution in [1.82, 2.24) is 0 Å². The Morgan fingerprint density at radius 3 is 2.29 bits per heavy atom. The third-order valence-electron chi connectivity index (χ3n) is 3.80. The molecular formula is C15H20O2. The molecule has 0 aliphatic heterocycles. The van der Waals surface area contributed by atoms with Crippen LogP contribution in [-0.2, 0) is 4.79 Å². The van der Waals surface area contributed by atoms with Crippen molar-refractivity contribution in [3.05, 3.63) is 35.9 Å². The van der Waals surface area contributed by atoms with Gasteiger partial charge in [-0.1, -0.05) is 49.6 Å². The average molecular weight is 232 g/mol. The molecule has 0 spiro atoms. The second kappa shape index (κ2) is 5.01. The normalized spacial score (nSPS) is 20.8. The Balaban J connectivity index is 2.32. The molecule has 1 saturated carbocycles. The Morgan fingerprint density at radius 2 is 1.76 bits per heavy atom. The van der Waals surface area contributed by atoms with E-state index < -0.39 is 5.60 Å². The number of carbonyl (C=O) groups excluding carboxylic acids is 1. The minimum Gasteiger partial charge on any atom is -0.389 e. The van der Waals surface area contributed by atoms with E-state index in [0.717, 1.165) is 31.2 Å². The molecule has 0 radical (unpaired) electrons. The van der Waals surface area contributed by atoms with Crippen molar-refractivity contribution >= 4 is 5.78 Å². The fraction of sp³-hybridized carbons (Fsp3) is 0.533. The SMILES string of the molecule is CC(=O)C(c1ccccc1)C1(O)CCCCC1. The van der Waals surface area contributed by atoms with Crippen molar-refractivity contribution in [2.75, 3.05) is 0 Å². The van der Waals surface area contributed by atoms with Gasteiger partial charge in [-0.15, -0.1) is 0 Å². The van der Waals surface area contributed by atoms with Crippen LogP contribution < -0.4 is 0 Å². The topological polar surface area (TPSA) is 37.3 Å². The predicted octanol–water partition coefficient (Wildman–Crippen LogP) is 3.05. The molecule has 1 aliphatic carbocycles. The van der Waals surface area contributed by atoms with Gasteiger partial charge in [0, 0.05) is 0 Å². The molecule has 1 fully saturated rings. The quantitative estimate of drug-likeness (QED) is 0.869. The van der Waals surface area contributed by atoms with Gasteiger partial charge in [0.15, 0.2) is 0 Å². The summed E-state index contributed by atoms with van der Waals surface area (Å²) in [4.78, 5) is 11.9. The highest BCUT2D eigenvalue weighted by atomic mass is 16.3. The number of Topliss-reactive ketones (excluding diaryl/α,β-unsaturated/α-hetero) is 1. The number of rotatable bonds is 3. The van der Waals surface area contributed by atoms with E-state index >= 15 is 0 Å². The van der Waals surface area contributed by atoms with Crippen LogP contribution in [0.5, 0.6) is 0 Å². The van der Waals surface area contributed by atoms with Crippen molar-refractivity contribution in [2.24, 2.45) is 0 Å². The molecule has 0 amide bonds. The third-order valence-corrected chi connectivity index (χ3v) is 3.80.